The molecule has 0 bridgehead atoms. The molecule has 3 aromatic heterocycles. The summed E-state index contributed by atoms with van der Waals surface area (Å²) in [7, 11) is 0. The Balaban J connectivity index is 1.35. The van der Waals surface area contributed by atoms with Gasteiger partial charge in [-0.1, -0.05) is 127 Å². The third-order valence-corrected chi connectivity index (χ3v) is 9.17. The second kappa shape index (κ2) is 10.4. The van der Waals surface area contributed by atoms with Crippen LogP contribution in [0.4, 0.5) is 0 Å². The molecule has 8 aromatic carbocycles. The number of para-hydroxylation sites is 1. The molecule has 0 amide bonds. The molecule has 0 unspecified atom stereocenters. The number of aromatic nitrogens is 3. The van der Waals surface area contributed by atoms with Crippen molar-refractivity contribution >= 4 is 65.4 Å². The maximum atomic E-state index is 9.49. The van der Waals surface area contributed by atoms with Gasteiger partial charge in [0.05, 0.1) is 30.2 Å². The number of hydrogen-bond donors (Lipinski definition) is 0. The van der Waals surface area contributed by atoms with Crippen LogP contribution in [0.15, 0.2) is 168 Å². The van der Waals surface area contributed by atoms with E-state index in [9.17, 15) is 9.60 Å². The second-order valence-electron chi connectivity index (χ2n) is 11.9. The van der Waals surface area contributed by atoms with Gasteiger partial charge in [-0.2, -0.15) is 0 Å². The molecule has 0 saturated carbocycles. The molecule has 0 N–H and O–H groups in total. The van der Waals surface area contributed by atoms with Crippen LogP contribution < -0.4 is 0 Å². The van der Waals surface area contributed by atoms with Crippen molar-refractivity contribution in [2.75, 3.05) is 0 Å². The molecule has 0 spiro atoms. The molecule has 0 aliphatic heterocycles. The Morgan fingerprint density at radius 3 is 1.94 bits per heavy atom. The van der Waals surface area contributed by atoms with E-state index < -0.39 is 90.3 Å². The summed E-state index contributed by atoms with van der Waals surface area (Å²) in [4.78, 5) is 9.91. The minimum absolute atomic E-state index is 0.00215. The molecule has 4 nitrogen and oxygen atoms in total. The summed E-state index contributed by atoms with van der Waals surface area (Å²) < 4.78 is 134. The summed E-state index contributed by atoms with van der Waals surface area (Å²) in [6.45, 7) is 0. The van der Waals surface area contributed by atoms with Crippen molar-refractivity contribution in [2.24, 2.45) is 0 Å². The molecule has 50 heavy (non-hydrogen) atoms. The lowest BCUT2D eigenvalue weighted by Crippen LogP contribution is -1.93. The zero-order chi connectivity index (χ0) is 44.9. The van der Waals surface area contributed by atoms with E-state index in [1.807, 2.05) is 60.7 Å². The monoisotopic (exact) mass is 651 g/mol. The van der Waals surface area contributed by atoms with E-state index in [-0.39, 0.29) is 48.9 Å². The van der Waals surface area contributed by atoms with Gasteiger partial charge in [0.25, 0.3) is 0 Å². The van der Waals surface area contributed by atoms with Gasteiger partial charge in [0.15, 0.2) is 11.4 Å². The number of furan rings is 1. The molecule has 232 valence electrons. The van der Waals surface area contributed by atoms with Crippen LogP contribution in [-0.2, 0) is 0 Å². The molecule has 4 heteroatoms. The van der Waals surface area contributed by atoms with Crippen LogP contribution in [0.2, 0.25) is 0 Å². The summed E-state index contributed by atoms with van der Waals surface area (Å²) in [5.41, 5.74) is 2.63. The third kappa shape index (κ3) is 3.81. The van der Waals surface area contributed by atoms with Crippen molar-refractivity contribution in [3.63, 3.8) is 0 Å². The van der Waals surface area contributed by atoms with Gasteiger partial charge in [0.2, 0.25) is 0 Å². The van der Waals surface area contributed by atoms with Crippen molar-refractivity contribution < 1.29 is 23.6 Å². The van der Waals surface area contributed by atoms with Crippen LogP contribution in [0.25, 0.3) is 105 Å². The maximum absolute atomic E-state index is 9.49. The highest BCUT2D eigenvalue weighted by Gasteiger charge is 2.22. The highest BCUT2D eigenvalue weighted by atomic mass is 16.3. The van der Waals surface area contributed by atoms with E-state index in [4.69, 9.17) is 24.0 Å². The van der Waals surface area contributed by atoms with E-state index in [1.165, 1.54) is 0 Å². The van der Waals surface area contributed by atoms with Crippen LogP contribution in [0.1, 0.15) is 19.2 Å². The average molecular weight is 652 g/mol. The first kappa shape index (κ1) is 17.0. The number of rotatable bonds is 4. The van der Waals surface area contributed by atoms with Crippen molar-refractivity contribution in [1.29, 1.82) is 0 Å². The van der Waals surface area contributed by atoms with Crippen molar-refractivity contribution in [3.8, 4) is 39.5 Å². The second-order valence-corrected chi connectivity index (χ2v) is 11.9. The van der Waals surface area contributed by atoms with E-state index >= 15 is 0 Å². The molecular weight excluding hydrogens is 611 g/mol. The normalized spacial score (nSPS) is 15.9. The topological polar surface area (TPSA) is 43.9 Å². The lowest BCUT2D eigenvalue weighted by Gasteiger charge is -2.13. The Hall–Kier alpha value is -6.78. The SMILES string of the molecule is [2H]c1c([2H])c([2H])c(-n2c3c([2H])c([2H])c([2H])c4c5c([2H])c([2H])c([2H])c(-c6ccc7oc8c(-c9ccccc9)nc(-c9ccccc9)nc8c7c6)c5c5c([2H])c([2H])c([2H])c2c5c43)c([2H])c1[2H]. The molecule has 0 aliphatic carbocycles. The van der Waals surface area contributed by atoms with E-state index in [0.29, 0.717) is 39.2 Å². The highest BCUT2D eigenvalue weighted by Crippen LogP contribution is 2.47. The molecule has 0 saturated heterocycles. The van der Waals surface area contributed by atoms with Crippen molar-refractivity contribution in [3.05, 3.63) is 163 Å². The predicted octanol–water partition coefficient (Wildman–Crippen LogP) is 12.2. The smallest absolute Gasteiger partial charge is 0.180 e. The fourth-order valence-electron chi connectivity index (χ4n) is 7.05. The average Bonchev–Trinajstić information content (AvgIpc) is 3.85. The molecule has 0 atom stereocenters. The van der Waals surface area contributed by atoms with Gasteiger partial charge >= 0.3 is 0 Å². The van der Waals surface area contributed by atoms with Crippen molar-refractivity contribution in [2.45, 2.75) is 0 Å². The standard InChI is InChI=1S/C46H27N3O/c1-4-13-28(14-5-1)43-45-44(48-46(47-43)29-15-6-2-7-16-29)36-27-30(25-26-39(36)50-45)32-19-10-20-33-34-21-11-23-37-41(34)42-35(40(32)33)22-12-24-38(42)49(37)31-17-8-3-9-18-31/h1-27H/i3D,8D,9D,10D,11D,12D,17D,18D,19D,20D,21D,22D,23D,24D. The maximum Gasteiger partial charge on any atom is 0.180 e. The Morgan fingerprint density at radius 1 is 0.520 bits per heavy atom. The molecule has 0 aliphatic rings. The minimum atomic E-state index is -0.721. The number of nitrogens with zero attached hydrogens (tertiary/aromatic N) is 3. The van der Waals surface area contributed by atoms with E-state index in [1.54, 1.807) is 18.2 Å². The number of hydrogen-bond acceptors (Lipinski definition) is 3. The minimum Gasteiger partial charge on any atom is -0.452 e. The molecule has 11 rings (SSSR count). The summed E-state index contributed by atoms with van der Waals surface area (Å²) in [6.07, 6.45) is 0. The van der Waals surface area contributed by atoms with Crippen LogP contribution in [0.3, 0.4) is 0 Å². The summed E-state index contributed by atoms with van der Waals surface area (Å²) in [6, 6.07) is 15.3. The Morgan fingerprint density at radius 2 is 1.18 bits per heavy atom. The summed E-state index contributed by atoms with van der Waals surface area (Å²) in [5, 5.41) is 0.118. The van der Waals surface area contributed by atoms with Gasteiger partial charge in [-0.15, -0.1) is 0 Å². The summed E-state index contributed by atoms with van der Waals surface area (Å²) >= 11 is 0. The first-order chi connectivity index (χ1) is 30.6. The molecule has 0 fully saturated rings. The highest BCUT2D eigenvalue weighted by molar-refractivity contribution is 6.36. The van der Waals surface area contributed by atoms with E-state index in [2.05, 4.69) is 0 Å². The summed E-state index contributed by atoms with van der Waals surface area (Å²) in [5.74, 6) is 0.414. The quantitative estimate of drug-likeness (QED) is 0.178. The van der Waals surface area contributed by atoms with E-state index in [0.717, 1.165) is 15.7 Å². The number of benzene rings is 8. The molecule has 11 aromatic rings. The van der Waals surface area contributed by atoms with Crippen molar-refractivity contribution in [1.82, 2.24) is 14.5 Å². The third-order valence-electron chi connectivity index (χ3n) is 9.17. The fraction of sp³-hybridized carbons (Fsp3) is 0. The lowest BCUT2D eigenvalue weighted by molar-refractivity contribution is 0.667. The largest absolute Gasteiger partial charge is 0.452 e. The van der Waals surface area contributed by atoms with Gasteiger partial charge in [0, 0.05) is 33.0 Å². The molecule has 3 heterocycles. The first-order valence-electron chi connectivity index (χ1n) is 22.8. The zero-order valence-electron chi connectivity index (χ0n) is 39.8. The Bertz CT molecular complexity index is 3860. The van der Waals surface area contributed by atoms with Gasteiger partial charge < -0.3 is 8.98 Å². The molecular formula is C46H27N3O. The fourth-order valence-corrected chi connectivity index (χ4v) is 7.05. The van der Waals surface area contributed by atoms with Crippen LogP contribution in [0, 0.1) is 0 Å². The first-order valence-corrected chi connectivity index (χ1v) is 15.8. The number of fused-ring (bicyclic) bond motifs is 6. The van der Waals surface area contributed by atoms with Gasteiger partial charge in [0.1, 0.15) is 16.8 Å². The molecule has 0 radical (unpaired) electrons. The lowest BCUT2D eigenvalue weighted by atomic mass is 9.89. The Kier molecular flexibility index (Phi) is 3.53. The van der Waals surface area contributed by atoms with Crippen LogP contribution in [0.5, 0.6) is 0 Å². The van der Waals surface area contributed by atoms with Gasteiger partial charge in [-0.25, -0.2) is 9.97 Å². The van der Waals surface area contributed by atoms with Crippen LogP contribution in [-0.4, -0.2) is 14.5 Å². The van der Waals surface area contributed by atoms with Gasteiger partial charge in [-0.3, -0.25) is 0 Å². The zero-order valence-corrected chi connectivity index (χ0v) is 25.8. The van der Waals surface area contributed by atoms with Crippen LogP contribution >= 0.6 is 0 Å². The predicted molar refractivity (Wildman–Crippen MR) is 206 cm³/mol. The van der Waals surface area contributed by atoms with Gasteiger partial charge in [-0.05, 0) is 69.0 Å². The Labute approximate surface area is 306 Å².